The SMILES string of the molecule is CCC1CCCCC1NC1CCc2cc(Br)ccc2C1. The maximum atomic E-state index is 4.00. The lowest BCUT2D eigenvalue weighted by Gasteiger charge is -2.36. The lowest BCUT2D eigenvalue weighted by Crippen LogP contribution is -2.46. The molecule has 0 bridgehead atoms. The van der Waals surface area contributed by atoms with E-state index in [1.54, 1.807) is 11.1 Å². The van der Waals surface area contributed by atoms with Crippen molar-refractivity contribution in [3.05, 3.63) is 33.8 Å². The summed E-state index contributed by atoms with van der Waals surface area (Å²) in [5.74, 6) is 0.912. The second-order valence-electron chi connectivity index (χ2n) is 6.58. The fraction of sp³-hybridized carbons (Fsp3) is 0.667. The highest BCUT2D eigenvalue weighted by Gasteiger charge is 2.27. The minimum atomic E-state index is 0.695. The molecule has 3 rings (SSSR count). The Morgan fingerprint density at radius 3 is 2.85 bits per heavy atom. The van der Waals surface area contributed by atoms with E-state index >= 15 is 0 Å². The lowest BCUT2D eigenvalue weighted by molar-refractivity contribution is 0.229. The van der Waals surface area contributed by atoms with Gasteiger partial charge in [-0.05, 0) is 61.3 Å². The van der Waals surface area contributed by atoms with Gasteiger partial charge in [-0.2, -0.15) is 0 Å². The molecule has 1 fully saturated rings. The molecule has 0 aliphatic heterocycles. The Balaban J connectivity index is 1.63. The van der Waals surface area contributed by atoms with Gasteiger partial charge in [-0.3, -0.25) is 0 Å². The summed E-state index contributed by atoms with van der Waals surface area (Å²) in [5.41, 5.74) is 3.11. The Hall–Kier alpha value is -0.340. The van der Waals surface area contributed by atoms with Crippen LogP contribution in [0.4, 0.5) is 0 Å². The fourth-order valence-corrected chi connectivity index (χ4v) is 4.49. The van der Waals surface area contributed by atoms with Gasteiger partial charge in [0.15, 0.2) is 0 Å². The zero-order valence-electron chi connectivity index (χ0n) is 12.5. The number of hydrogen-bond acceptors (Lipinski definition) is 1. The molecule has 3 unspecified atom stereocenters. The molecule has 0 aromatic heterocycles. The maximum absolute atomic E-state index is 4.00. The van der Waals surface area contributed by atoms with Crippen molar-refractivity contribution in [3.8, 4) is 0 Å². The minimum Gasteiger partial charge on any atom is -0.311 e. The summed E-state index contributed by atoms with van der Waals surface area (Å²) in [6, 6.07) is 8.28. The summed E-state index contributed by atoms with van der Waals surface area (Å²) in [4.78, 5) is 0. The van der Waals surface area contributed by atoms with Gasteiger partial charge in [0.1, 0.15) is 0 Å². The van der Waals surface area contributed by atoms with Crippen LogP contribution in [-0.4, -0.2) is 12.1 Å². The van der Waals surface area contributed by atoms with Crippen LogP contribution in [0.2, 0.25) is 0 Å². The first kappa shape index (κ1) is 14.6. The van der Waals surface area contributed by atoms with Crippen LogP contribution in [0.1, 0.15) is 56.6 Å². The number of aryl methyl sites for hydroxylation is 1. The molecule has 1 nitrogen and oxygen atoms in total. The van der Waals surface area contributed by atoms with Gasteiger partial charge < -0.3 is 5.32 Å². The summed E-state index contributed by atoms with van der Waals surface area (Å²) in [7, 11) is 0. The third-order valence-corrected chi connectivity index (χ3v) is 5.77. The summed E-state index contributed by atoms with van der Waals surface area (Å²) in [6.07, 6.45) is 10.8. The molecular weight excluding hydrogens is 310 g/mol. The molecule has 3 atom stereocenters. The fourth-order valence-electron chi connectivity index (χ4n) is 4.08. The predicted octanol–water partition coefficient (Wildman–Crippen LogP) is 4.86. The van der Waals surface area contributed by atoms with Crippen LogP contribution in [0.15, 0.2) is 22.7 Å². The van der Waals surface area contributed by atoms with E-state index in [1.165, 1.54) is 55.8 Å². The number of hydrogen-bond donors (Lipinski definition) is 1. The first-order valence-electron chi connectivity index (χ1n) is 8.29. The third-order valence-electron chi connectivity index (χ3n) is 5.28. The molecule has 0 amide bonds. The van der Waals surface area contributed by atoms with E-state index in [-0.39, 0.29) is 0 Å². The average molecular weight is 336 g/mol. The molecule has 2 aliphatic carbocycles. The van der Waals surface area contributed by atoms with E-state index < -0.39 is 0 Å². The van der Waals surface area contributed by atoms with Crippen LogP contribution in [0.25, 0.3) is 0 Å². The highest BCUT2D eigenvalue weighted by molar-refractivity contribution is 9.10. The van der Waals surface area contributed by atoms with Crippen LogP contribution < -0.4 is 5.32 Å². The van der Waals surface area contributed by atoms with Gasteiger partial charge in [-0.25, -0.2) is 0 Å². The van der Waals surface area contributed by atoms with Gasteiger partial charge in [0.25, 0.3) is 0 Å². The molecule has 1 aromatic rings. The third kappa shape index (κ3) is 3.28. The topological polar surface area (TPSA) is 12.0 Å². The van der Waals surface area contributed by atoms with E-state index in [2.05, 4.69) is 46.4 Å². The van der Waals surface area contributed by atoms with Crippen LogP contribution in [0.5, 0.6) is 0 Å². The normalized spacial score (nSPS) is 30.0. The highest BCUT2D eigenvalue weighted by Crippen LogP contribution is 2.30. The van der Waals surface area contributed by atoms with E-state index in [1.807, 2.05) is 0 Å². The van der Waals surface area contributed by atoms with Crippen molar-refractivity contribution in [1.29, 1.82) is 0 Å². The highest BCUT2D eigenvalue weighted by atomic mass is 79.9. The largest absolute Gasteiger partial charge is 0.311 e. The molecule has 2 heteroatoms. The number of nitrogens with one attached hydrogen (secondary N) is 1. The van der Waals surface area contributed by atoms with Crippen molar-refractivity contribution >= 4 is 15.9 Å². The van der Waals surface area contributed by atoms with Gasteiger partial charge in [0, 0.05) is 16.6 Å². The Kier molecular flexibility index (Phi) is 4.83. The van der Waals surface area contributed by atoms with E-state index in [0.717, 1.165) is 12.0 Å². The van der Waals surface area contributed by atoms with Crippen molar-refractivity contribution in [2.24, 2.45) is 5.92 Å². The van der Waals surface area contributed by atoms with Gasteiger partial charge in [-0.15, -0.1) is 0 Å². The van der Waals surface area contributed by atoms with Crippen molar-refractivity contribution < 1.29 is 0 Å². The van der Waals surface area contributed by atoms with Crippen molar-refractivity contribution in [2.75, 3.05) is 0 Å². The zero-order valence-corrected chi connectivity index (χ0v) is 14.1. The summed E-state index contributed by atoms with van der Waals surface area (Å²) >= 11 is 3.59. The van der Waals surface area contributed by atoms with Gasteiger partial charge >= 0.3 is 0 Å². The van der Waals surface area contributed by atoms with Crippen LogP contribution in [-0.2, 0) is 12.8 Å². The first-order valence-corrected chi connectivity index (χ1v) is 9.09. The average Bonchev–Trinajstić information content (AvgIpc) is 2.48. The van der Waals surface area contributed by atoms with Gasteiger partial charge in [-0.1, -0.05) is 48.2 Å². The van der Waals surface area contributed by atoms with Crippen molar-refractivity contribution in [1.82, 2.24) is 5.32 Å². The standard InChI is InChI=1S/C18H26BrN/c1-2-13-5-3-4-6-18(13)20-17-10-8-14-11-16(19)9-7-15(14)12-17/h7,9,11,13,17-18,20H,2-6,8,10,12H2,1H3. The molecule has 1 N–H and O–H groups in total. The molecule has 1 saturated carbocycles. The van der Waals surface area contributed by atoms with Crippen molar-refractivity contribution in [3.63, 3.8) is 0 Å². The number of benzene rings is 1. The monoisotopic (exact) mass is 335 g/mol. The Labute approximate surface area is 131 Å². The lowest BCUT2D eigenvalue weighted by atomic mass is 9.81. The predicted molar refractivity (Wildman–Crippen MR) is 89.1 cm³/mol. The molecule has 1 aromatic carbocycles. The molecule has 0 radical (unpaired) electrons. The zero-order chi connectivity index (χ0) is 13.9. The summed E-state index contributed by atoms with van der Waals surface area (Å²) in [6.45, 7) is 2.36. The number of rotatable bonds is 3. The van der Waals surface area contributed by atoms with Gasteiger partial charge in [0.05, 0.1) is 0 Å². The Morgan fingerprint density at radius 2 is 2.00 bits per heavy atom. The van der Waals surface area contributed by atoms with Crippen LogP contribution >= 0.6 is 15.9 Å². The summed E-state index contributed by atoms with van der Waals surface area (Å²) < 4.78 is 1.22. The van der Waals surface area contributed by atoms with E-state index in [9.17, 15) is 0 Å². The second kappa shape index (κ2) is 6.62. The quantitative estimate of drug-likeness (QED) is 0.831. The maximum Gasteiger partial charge on any atom is 0.0178 e. The van der Waals surface area contributed by atoms with E-state index in [0.29, 0.717) is 6.04 Å². The molecule has 0 spiro atoms. The van der Waals surface area contributed by atoms with Crippen molar-refractivity contribution in [2.45, 2.75) is 70.4 Å². The number of fused-ring (bicyclic) bond motifs is 1. The Morgan fingerprint density at radius 1 is 1.15 bits per heavy atom. The van der Waals surface area contributed by atoms with E-state index in [4.69, 9.17) is 0 Å². The molecular formula is C18H26BrN. The Bertz CT molecular complexity index is 457. The number of halogens is 1. The smallest absolute Gasteiger partial charge is 0.0178 e. The molecule has 0 saturated heterocycles. The summed E-state index contributed by atoms with van der Waals surface area (Å²) in [5, 5.41) is 4.00. The van der Waals surface area contributed by atoms with Crippen LogP contribution in [0, 0.1) is 5.92 Å². The first-order chi connectivity index (χ1) is 9.76. The molecule has 110 valence electrons. The van der Waals surface area contributed by atoms with Gasteiger partial charge in [0.2, 0.25) is 0 Å². The second-order valence-corrected chi connectivity index (χ2v) is 7.49. The molecule has 0 heterocycles. The van der Waals surface area contributed by atoms with Crippen LogP contribution in [0.3, 0.4) is 0 Å². The minimum absolute atomic E-state index is 0.695. The molecule has 20 heavy (non-hydrogen) atoms. The molecule has 2 aliphatic rings.